The van der Waals surface area contributed by atoms with Crippen LogP contribution < -0.4 is 0 Å². The molecular weight excluding hydrogens is 116 g/mol. The molecule has 0 aliphatic carbocycles. The summed E-state index contributed by atoms with van der Waals surface area (Å²) < 4.78 is 6.52. The molecule has 1 aromatic heterocycles. The molecule has 1 aromatic rings. The maximum absolute atomic E-state index is 4.82. The lowest BCUT2D eigenvalue weighted by Crippen LogP contribution is -1.92. The molecule has 0 spiro atoms. The lowest BCUT2D eigenvalue weighted by atomic mass is 10.8. The summed E-state index contributed by atoms with van der Waals surface area (Å²) in [6.45, 7) is 3.62. The van der Waals surface area contributed by atoms with Crippen LogP contribution in [0, 0.1) is 0 Å². The smallest absolute Gasteiger partial charge is 0.191 e. The fourth-order valence-corrected chi connectivity index (χ4v) is 0.512. The highest BCUT2D eigenvalue weighted by Gasteiger charge is 1.90. The van der Waals surface area contributed by atoms with Crippen molar-refractivity contribution in [2.45, 2.75) is 0 Å². The Kier molecular flexibility index (Phi) is 1.53. The SMILES string of the molecule is C=C(OC)n1ccnc1. The highest BCUT2D eigenvalue weighted by molar-refractivity contribution is 5.30. The molecule has 0 radical (unpaired) electrons. The predicted molar refractivity (Wildman–Crippen MR) is 34.6 cm³/mol. The van der Waals surface area contributed by atoms with Crippen LogP contribution in [0.1, 0.15) is 0 Å². The Bertz CT molecular complexity index is 191. The van der Waals surface area contributed by atoms with Crippen molar-refractivity contribution in [3.63, 3.8) is 0 Å². The van der Waals surface area contributed by atoms with E-state index < -0.39 is 0 Å². The molecule has 0 unspecified atom stereocenters. The first-order chi connectivity index (χ1) is 4.34. The third kappa shape index (κ3) is 1.10. The molecular formula is C6H8N2O. The minimum Gasteiger partial charge on any atom is -0.482 e. The van der Waals surface area contributed by atoms with E-state index in [1.54, 1.807) is 30.4 Å². The number of nitrogens with zero attached hydrogens (tertiary/aromatic N) is 2. The van der Waals surface area contributed by atoms with Crippen LogP contribution in [-0.2, 0) is 4.74 Å². The zero-order chi connectivity index (χ0) is 6.69. The summed E-state index contributed by atoms with van der Waals surface area (Å²) in [6.07, 6.45) is 5.07. The first-order valence-electron chi connectivity index (χ1n) is 2.56. The van der Waals surface area contributed by atoms with Gasteiger partial charge in [-0.15, -0.1) is 0 Å². The van der Waals surface area contributed by atoms with E-state index in [9.17, 15) is 0 Å². The van der Waals surface area contributed by atoms with Gasteiger partial charge in [0.1, 0.15) is 6.33 Å². The lowest BCUT2D eigenvalue weighted by Gasteiger charge is -2.01. The molecule has 3 heteroatoms. The van der Waals surface area contributed by atoms with E-state index >= 15 is 0 Å². The molecule has 9 heavy (non-hydrogen) atoms. The summed E-state index contributed by atoms with van der Waals surface area (Å²) >= 11 is 0. The Hall–Kier alpha value is -1.25. The fraction of sp³-hybridized carbons (Fsp3) is 0.167. The number of hydrogen-bond acceptors (Lipinski definition) is 2. The van der Waals surface area contributed by atoms with Crippen LogP contribution in [0.4, 0.5) is 0 Å². The summed E-state index contributed by atoms with van der Waals surface area (Å²) in [6, 6.07) is 0. The molecule has 0 aromatic carbocycles. The largest absolute Gasteiger partial charge is 0.482 e. The van der Waals surface area contributed by atoms with Crippen LogP contribution in [-0.4, -0.2) is 16.7 Å². The quantitative estimate of drug-likeness (QED) is 0.549. The molecule has 0 fully saturated rings. The zero-order valence-corrected chi connectivity index (χ0v) is 5.24. The van der Waals surface area contributed by atoms with Crippen molar-refractivity contribution in [2.75, 3.05) is 7.11 Å². The van der Waals surface area contributed by atoms with E-state index in [1.807, 2.05) is 0 Å². The molecule has 0 bridgehead atoms. The van der Waals surface area contributed by atoms with E-state index in [0.29, 0.717) is 5.88 Å². The van der Waals surface area contributed by atoms with Crippen molar-refractivity contribution in [1.29, 1.82) is 0 Å². The van der Waals surface area contributed by atoms with Crippen LogP contribution >= 0.6 is 0 Å². The van der Waals surface area contributed by atoms with Gasteiger partial charge in [0.2, 0.25) is 0 Å². The average molecular weight is 124 g/mol. The maximum Gasteiger partial charge on any atom is 0.191 e. The van der Waals surface area contributed by atoms with Crippen molar-refractivity contribution in [3.05, 3.63) is 25.3 Å². The highest BCUT2D eigenvalue weighted by atomic mass is 16.5. The lowest BCUT2D eigenvalue weighted by molar-refractivity contribution is 0.345. The van der Waals surface area contributed by atoms with E-state index in [-0.39, 0.29) is 0 Å². The van der Waals surface area contributed by atoms with Gasteiger partial charge in [0.05, 0.1) is 7.11 Å². The summed E-state index contributed by atoms with van der Waals surface area (Å²) in [4.78, 5) is 3.81. The number of imidazole rings is 1. The predicted octanol–water partition coefficient (Wildman–Crippen LogP) is 0.958. The normalized spacial score (nSPS) is 9.00. The molecule has 1 heterocycles. The summed E-state index contributed by atoms with van der Waals surface area (Å²) in [7, 11) is 1.57. The van der Waals surface area contributed by atoms with Gasteiger partial charge in [-0.25, -0.2) is 4.98 Å². The Balaban J connectivity index is 2.77. The minimum absolute atomic E-state index is 0.576. The molecule has 0 aliphatic heterocycles. The molecule has 0 aliphatic rings. The average Bonchev–Trinajstić information content (AvgIpc) is 2.37. The summed E-state index contributed by atoms with van der Waals surface area (Å²) in [5.41, 5.74) is 0. The Morgan fingerprint density at radius 2 is 2.56 bits per heavy atom. The van der Waals surface area contributed by atoms with Gasteiger partial charge in [-0.3, -0.25) is 4.57 Å². The highest BCUT2D eigenvalue weighted by Crippen LogP contribution is 1.98. The number of rotatable bonds is 2. The minimum atomic E-state index is 0.576. The van der Waals surface area contributed by atoms with Gasteiger partial charge >= 0.3 is 0 Å². The van der Waals surface area contributed by atoms with Crippen molar-refractivity contribution in [2.24, 2.45) is 0 Å². The first kappa shape index (κ1) is 5.88. The molecule has 0 saturated heterocycles. The molecule has 0 saturated carbocycles. The number of ether oxygens (including phenoxy) is 1. The third-order valence-electron chi connectivity index (χ3n) is 1.03. The van der Waals surface area contributed by atoms with Crippen LogP contribution in [0.25, 0.3) is 5.88 Å². The zero-order valence-electron chi connectivity index (χ0n) is 5.24. The van der Waals surface area contributed by atoms with Crippen molar-refractivity contribution in [3.8, 4) is 0 Å². The van der Waals surface area contributed by atoms with Crippen LogP contribution in [0.15, 0.2) is 25.3 Å². The van der Waals surface area contributed by atoms with Crippen LogP contribution in [0.5, 0.6) is 0 Å². The molecule has 48 valence electrons. The standard InChI is InChI=1S/C6H8N2O/c1-6(9-2)8-4-3-7-5-8/h3-5H,1H2,2H3. The molecule has 0 amide bonds. The molecule has 0 N–H and O–H groups in total. The van der Waals surface area contributed by atoms with E-state index in [4.69, 9.17) is 4.74 Å². The second-order valence-electron chi connectivity index (χ2n) is 1.57. The van der Waals surface area contributed by atoms with E-state index in [1.165, 1.54) is 0 Å². The molecule has 1 rings (SSSR count). The van der Waals surface area contributed by atoms with Gasteiger partial charge in [0, 0.05) is 12.4 Å². The van der Waals surface area contributed by atoms with E-state index in [2.05, 4.69) is 11.6 Å². The van der Waals surface area contributed by atoms with Gasteiger partial charge in [0.25, 0.3) is 0 Å². The Morgan fingerprint density at radius 1 is 1.78 bits per heavy atom. The second kappa shape index (κ2) is 2.35. The van der Waals surface area contributed by atoms with Crippen molar-refractivity contribution in [1.82, 2.24) is 9.55 Å². The van der Waals surface area contributed by atoms with Crippen molar-refractivity contribution >= 4 is 5.88 Å². The Labute approximate surface area is 53.6 Å². The Morgan fingerprint density at radius 3 is 3.00 bits per heavy atom. The van der Waals surface area contributed by atoms with Gasteiger partial charge in [-0.05, 0) is 6.58 Å². The van der Waals surface area contributed by atoms with Gasteiger partial charge in [0.15, 0.2) is 5.88 Å². The van der Waals surface area contributed by atoms with E-state index in [0.717, 1.165) is 0 Å². The van der Waals surface area contributed by atoms with Gasteiger partial charge in [-0.1, -0.05) is 0 Å². The van der Waals surface area contributed by atoms with Gasteiger partial charge in [-0.2, -0.15) is 0 Å². The monoisotopic (exact) mass is 124 g/mol. The third-order valence-corrected chi connectivity index (χ3v) is 1.03. The van der Waals surface area contributed by atoms with Gasteiger partial charge < -0.3 is 4.74 Å². The first-order valence-corrected chi connectivity index (χ1v) is 2.56. The summed E-state index contributed by atoms with van der Waals surface area (Å²) in [5, 5.41) is 0. The molecule has 0 atom stereocenters. The maximum atomic E-state index is 4.82. The number of aromatic nitrogens is 2. The molecule has 3 nitrogen and oxygen atoms in total. The number of methoxy groups -OCH3 is 1. The van der Waals surface area contributed by atoms with Crippen LogP contribution in [0.2, 0.25) is 0 Å². The van der Waals surface area contributed by atoms with Crippen molar-refractivity contribution < 1.29 is 4.74 Å². The topological polar surface area (TPSA) is 27.1 Å². The fourth-order valence-electron chi connectivity index (χ4n) is 0.512. The second-order valence-corrected chi connectivity index (χ2v) is 1.57. The number of hydrogen-bond donors (Lipinski definition) is 0. The summed E-state index contributed by atoms with van der Waals surface area (Å²) in [5.74, 6) is 0.576. The van der Waals surface area contributed by atoms with Crippen LogP contribution in [0.3, 0.4) is 0 Å².